The SMILES string of the molecule is CCc1nn(C)cc1C(=O)N(C)CC1CCc2nccn2C1. The molecule has 0 saturated heterocycles. The molecule has 0 bridgehead atoms. The second-order valence-electron chi connectivity index (χ2n) is 6.10. The summed E-state index contributed by atoms with van der Waals surface area (Å²) in [6, 6.07) is 0. The zero-order valence-electron chi connectivity index (χ0n) is 13.5. The van der Waals surface area contributed by atoms with Crippen LogP contribution in [0.5, 0.6) is 0 Å². The number of amides is 1. The minimum Gasteiger partial charge on any atom is -0.341 e. The first-order valence-electron chi connectivity index (χ1n) is 7.86. The third kappa shape index (κ3) is 2.77. The number of carbonyl (C=O) groups excluding carboxylic acids is 1. The quantitative estimate of drug-likeness (QED) is 0.860. The second kappa shape index (κ2) is 5.94. The van der Waals surface area contributed by atoms with Gasteiger partial charge in [-0.3, -0.25) is 9.48 Å². The molecule has 6 heteroatoms. The Balaban J connectivity index is 1.67. The minimum absolute atomic E-state index is 0.0707. The van der Waals surface area contributed by atoms with Crippen molar-refractivity contribution in [3.05, 3.63) is 35.7 Å². The molecule has 118 valence electrons. The van der Waals surface area contributed by atoms with Gasteiger partial charge in [-0.25, -0.2) is 4.98 Å². The van der Waals surface area contributed by atoms with Crippen molar-refractivity contribution in [3.8, 4) is 0 Å². The van der Waals surface area contributed by atoms with E-state index >= 15 is 0 Å². The van der Waals surface area contributed by atoms with Crippen molar-refractivity contribution < 1.29 is 4.79 Å². The fraction of sp³-hybridized carbons (Fsp3) is 0.562. The topological polar surface area (TPSA) is 56.0 Å². The van der Waals surface area contributed by atoms with Crippen molar-refractivity contribution in [2.45, 2.75) is 32.7 Å². The van der Waals surface area contributed by atoms with Crippen LogP contribution in [0.1, 0.15) is 35.2 Å². The molecule has 0 saturated carbocycles. The fourth-order valence-corrected chi connectivity index (χ4v) is 3.24. The van der Waals surface area contributed by atoms with Gasteiger partial charge in [0.1, 0.15) is 5.82 Å². The van der Waals surface area contributed by atoms with Crippen LogP contribution in [0.3, 0.4) is 0 Å². The number of hydrogen-bond donors (Lipinski definition) is 0. The van der Waals surface area contributed by atoms with Crippen LogP contribution in [-0.2, 0) is 26.4 Å². The van der Waals surface area contributed by atoms with Gasteiger partial charge in [-0.05, 0) is 18.8 Å². The monoisotopic (exact) mass is 301 g/mol. The Morgan fingerprint density at radius 1 is 1.50 bits per heavy atom. The molecule has 3 heterocycles. The summed E-state index contributed by atoms with van der Waals surface area (Å²) in [5, 5.41) is 4.36. The second-order valence-corrected chi connectivity index (χ2v) is 6.10. The van der Waals surface area contributed by atoms with E-state index < -0.39 is 0 Å². The molecule has 0 aromatic carbocycles. The molecule has 1 atom stereocenters. The van der Waals surface area contributed by atoms with Crippen LogP contribution in [0.25, 0.3) is 0 Å². The average Bonchev–Trinajstić information content (AvgIpc) is 3.11. The molecule has 2 aromatic heterocycles. The smallest absolute Gasteiger partial charge is 0.257 e. The van der Waals surface area contributed by atoms with Gasteiger partial charge in [0, 0.05) is 52.2 Å². The minimum atomic E-state index is 0.0707. The molecule has 1 amide bonds. The third-order valence-electron chi connectivity index (χ3n) is 4.38. The Kier molecular flexibility index (Phi) is 4.00. The summed E-state index contributed by atoms with van der Waals surface area (Å²) in [6.07, 6.45) is 8.56. The van der Waals surface area contributed by atoms with Gasteiger partial charge in [0.2, 0.25) is 0 Å². The number of nitrogens with zero attached hydrogens (tertiary/aromatic N) is 5. The normalized spacial score (nSPS) is 17.3. The maximum atomic E-state index is 12.7. The number of imidazole rings is 1. The molecular formula is C16H23N5O. The van der Waals surface area contributed by atoms with Crippen LogP contribution in [0, 0.1) is 5.92 Å². The Morgan fingerprint density at radius 2 is 2.32 bits per heavy atom. The number of aromatic nitrogens is 4. The zero-order chi connectivity index (χ0) is 15.7. The van der Waals surface area contributed by atoms with Crippen molar-refractivity contribution in [2.75, 3.05) is 13.6 Å². The van der Waals surface area contributed by atoms with Gasteiger partial charge in [0.05, 0.1) is 11.3 Å². The van der Waals surface area contributed by atoms with Crippen molar-refractivity contribution >= 4 is 5.91 Å². The standard InChI is InChI=1S/C16H23N5O/c1-4-14-13(11-20(3)18-14)16(22)19(2)9-12-5-6-15-17-7-8-21(15)10-12/h7-8,11-12H,4-6,9-10H2,1-3H3. The number of rotatable bonds is 4. The predicted octanol–water partition coefficient (Wildman–Crippen LogP) is 1.51. The number of aryl methyl sites for hydroxylation is 3. The zero-order valence-corrected chi connectivity index (χ0v) is 13.5. The summed E-state index contributed by atoms with van der Waals surface area (Å²) in [7, 11) is 3.75. The highest BCUT2D eigenvalue weighted by Crippen LogP contribution is 2.20. The van der Waals surface area contributed by atoms with E-state index in [0.29, 0.717) is 5.92 Å². The van der Waals surface area contributed by atoms with Gasteiger partial charge in [0.25, 0.3) is 5.91 Å². The lowest BCUT2D eigenvalue weighted by molar-refractivity contribution is 0.0759. The van der Waals surface area contributed by atoms with Crippen molar-refractivity contribution in [3.63, 3.8) is 0 Å². The molecule has 2 aromatic rings. The third-order valence-corrected chi connectivity index (χ3v) is 4.38. The van der Waals surface area contributed by atoms with E-state index in [-0.39, 0.29) is 5.91 Å². The van der Waals surface area contributed by atoms with E-state index in [4.69, 9.17) is 0 Å². The van der Waals surface area contributed by atoms with Gasteiger partial charge in [-0.1, -0.05) is 6.92 Å². The molecule has 0 spiro atoms. The Labute approximate surface area is 130 Å². The molecule has 6 nitrogen and oxygen atoms in total. The first-order chi connectivity index (χ1) is 10.6. The van der Waals surface area contributed by atoms with Crippen LogP contribution in [-0.4, -0.2) is 43.7 Å². The summed E-state index contributed by atoms with van der Waals surface area (Å²) in [5.74, 6) is 1.71. The number of fused-ring (bicyclic) bond motifs is 1. The summed E-state index contributed by atoms with van der Waals surface area (Å²) in [6.45, 7) is 3.75. The summed E-state index contributed by atoms with van der Waals surface area (Å²) in [4.78, 5) is 18.8. The van der Waals surface area contributed by atoms with Crippen molar-refractivity contribution in [1.82, 2.24) is 24.2 Å². The number of carbonyl (C=O) groups is 1. The molecular weight excluding hydrogens is 278 g/mol. The largest absolute Gasteiger partial charge is 0.341 e. The fourth-order valence-electron chi connectivity index (χ4n) is 3.24. The highest BCUT2D eigenvalue weighted by Gasteiger charge is 2.24. The first kappa shape index (κ1) is 14.8. The lowest BCUT2D eigenvalue weighted by Crippen LogP contribution is -2.35. The average molecular weight is 301 g/mol. The maximum Gasteiger partial charge on any atom is 0.257 e. The van der Waals surface area contributed by atoms with Gasteiger partial charge >= 0.3 is 0 Å². The summed E-state index contributed by atoms with van der Waals surface area (Å²) >= 11 is 0. The van der Waals surface area contributed by atoms with Gasteiger partial charge < -0.3 is 9.47 Å². The molecule has 1 unspecified atom stereocenters. The van der Waals surface area contributed by atoms with E-state index in [9.17, 15) is 4.79 Å². The number of hydrogen-bond acceptors (Lipinski definition) is 3. The van der Waals surface area contributed by atoms with E-state index in [0.717, 1.165) is 49.4 Å². The van der Waals surface area contributed by atoms with Crippen LogP contribution < -0.4 is 0 Å². The lowest BCUT2D eigenvalue weighted by Gasteiger charge is -2.28. The van der Waals surface area contributed by atoms with E-state index in [1.54, 1.807) is 4.68 Å². The van der Waals surface area contributed by atoms with E-state index in [1.807, 2.05) is 44.5 Å². The summed E-state index contributed by atoms with van der Waals surface area (Å²) < 4.78 is 3.92. The van der Waals surface area contributed by atoms with Gasteiger partial charge in [-0.15, -0.1) is 0 Å². The van der Waals surface area contributed by atoms with Gasteiger partial charge in [-0.2, -0.15) is 5.10 Å². The molecule has 1 aliphatic heterocycles. The van der Waals surface area contributed by atoms with Crippen LogP contribution in [0.15, 0.2) is 18.6 Å². The van der Waals surface area contributed by atoms with E-state index in [2.05, 4.69) is 14.6 Å². The summed E-state index contributed by atoms with van der Waals surface area (Å²) in [5.41, 5.74) is 1.60. The maximum absolute atomic E-state index is 12.7. The van der Waals surface area contributed by atoms with Crippen LogP contribution >= 0.6 is 0 Å². The van der Waals surface area contributed by atoms with Gasteiger partial charge in [0.15, 0.2) is 0 Å². The Hall–Kier alpha value is -2.11. The highest BCUT2D eigenvalue weighted by atomic mass is 16.2. The Bertz CT molecular complexity index is 672. The molecule has 1 aliphatic rings. The highest BCUT2D eigenvalue weighted by molar-refractivity contribution is 5.95. The lowest BCUT2D eigenvalue weighted by atomic mass is 9.98. The molecule has 3 rings (SSSR count). The van der Waals surface area contributed by atoms with E-state index in [1.165, 1.54) is 0 Å². The van der Waals surface area contributed by atoms with Crippen LogP contribution in [0.4, 0.5) is 0 Å². The predicted molar refractivity (Wildman–Crippen MR) is 83.6 cm³/mol. The Morgan fingerprint density at radius 3 is 3.09 bits per heavy atom. The molecule has 0 N–H and O–H groups in total. The molecule has 22 heavy (non-hydrogen) atoms. The van der Waals surface area contributed by atoms with Crippen molar-refractivity contribution in [2.24, 2.45) is 13.0 Å². The van der Waals surface area contributed by atoms with Crippen molar-refractivity contribution in [1.29, 1.82) is 0 Å². The first-order valence-corrected chi connectivity index (χ1v) is 7.86. The molecule has 0 radical (unpaired) electrons. The molecule has 0 aliphatic carbocycles. The molecule has 0 fully saturated rings. The van der Waals surface area contributed by atoms with Crippen LogP contribution in [0.2, 0.25) is 0 Å².